The van der Waals surface area contributed by atoms with Crippen LogP contribution < -0.4 is 11.1 Å². The van der Waals surface area contributed by atoms with E-state index in [1.807, 2.05) is 12.1 Å². The maximum absolute atomic E-state index is 5.89. The summed E-state index contributed by atoms with van der Waals surface area (Å²) in [7, 11) is 0. The zero-order chi connectivity index (χ0) is 11.8. The van der Waals surface area contributed by atoms with E-state index in [1.54, 1.807) is 0 Å². The number of rotatable bonds is 2. The molecule has 3 nitrogen and oxygen atoms in total. The summed E-state index contributed by atoms with van der Waals surface area (Å²) in [5, 5.41) is 3.67. The van der Waals surface area contributed by atoms with Crippen LogP contribution in [-0.4, -0.2) is 30.1 Å². The molecule has 2 aliphatic rings. The van der Waals surface area contributed by atoms with Crippen LogP contribution in [-0.2, 0) is 0 Å². The van der Waals surface area contributed by atoms with Crippen LogP contribution in [0.15, 0.2) is 18.2 Å². The number of nitrogens with two attached hydrogens (primary N) is 1. The van der Waals surface area contributed by atoms with Crippen LogP contribution in [0.4, 0.5) is 11.4 Å². The van der Waals surface area contributed by atoms with Crippen molar-refractivity contribution < 1.29 is 0 Å². The first-order chi connectivity index (χ1) is 8.22. The lowest BCUT2D eigenvalue weighted by Crippen LogP contribution is -2.33. The van der Waals surface area contributed by atoms with Crippen LogP contribution >= 0.6 is 0 Å². The molecule has 0 spiro atoms. The normalized spacial score (nSPS) is 28.3. The molecule has 0 aromatic heterocycles. The molecule has 0 bridgehead atoms. The number of nitrogens with one attached hydrogen (secondary N) is 1. The Labute approximate surface area is 103 Å². The van der Waals surface area contributed by atoms with Crippen LogP contribution in [0.3, 0.4) is 0 Å². The molecule has 2 heterocycles. The van der Waals surface area contributed by atoms with Crippen molar-refractivity contribution in [2.45, 2.75) is 38.3 Å². The third kappa shape index (κ3) is 2.12. The topological polar surface area (TPSA) is 41.3 Å². The van der Waals surface area contributed by atoms with Gasteiger partial charge in [-0.2, -0.15) is 0 Å². The lowest BCUT2D eigenvalue weighted by atomic mass is 10.1. The maximum atomic E-state index is 5.89. The van der Waals surface area contributed by atoms with E-state index in [1.165, 1.54) is 43.6 Å². The summed E-state index contributed by atoms with van der Waals surface area (Å²) in [4.78, 5) is 2.62. The standard InChI is InChI=1S/C14H21N3/c1-10-7-11(15)9-12(8-10)16-13-4-6-17-5-2-3-14(13)17/h7-9,13-14,16H,2-6,15H2,1H3. The van der Waals surface area contributed by atoms with Gasteiger partial charge >= 0.3 is 0 Å². The molecule has 2 atom stereocenters. The van der Waals surface area contributed by atoms with Crippen molar-refractivity contribution in [2.75, 3.05) is 24.1 Å². The summed E-state index contributed by atoms with van der Waals surface area (Å²) in [6.45, 7) is 4.64. The molecular weight excluding hydrogens is 210 g/mol. The maximum Gasteiger partial charge on any atom is 0.0429 e. The van der Waals surface area contributed by atoms with Gasteiger partial charge in [-0.05, 0) is 56.5 Å². The largest absolute Gasteiger partial charge is 0.399 e. The Hall–Kier alpha value is -1.22. The molecule has 2 saturated heterocycles. The van der Waals surface area contributed by atoms with Gasteiger partial charge in [0.1, 0.15) is 0 Å². The number of hydrogen-bond acceptors (Lipinski definition) is 3. The van der Waals surface area contributed by atoms with E-state index in [-0.39, 0.29) is 0 Å². The summed E-state index contributed by atoms with van der Waals surface area (Å²) >= 11 is 0. The van der Waals surface area contributed by atoms with E-state index < -0.39 is 0 Å². The van der Waals surface area contributed by atoms with E-state index in [9.17, 15) is 0 Å². The predicted molar refractivity (Wildman–Crippen MR) is 72.2 cm³/mol. The number of nitrogens with zero attached hydrogens (tertiary/aromatic N) is 1. The highest BCUT2D eigenvalue weighted by Crippen LogP contribution is 2.30. The van der Waals surface area contributed by atoms with E-state index >= 15 is 0 Å². The summed E-state index contributed by atoms with van der Waals surface area (Å²) in [6, 6.07) is 7.61. The minimum absolute atomic E-state index is 0.610. The van der Waals surface area contributed by atoms with Gasteiger partial charge in [-0.1, -0.05) is 0 Å². The molecule has 0 amide bonds. The summed E-state index contributed by atoms with van der Waals surface area (Å²) in [5.74, 6) is 0. The Bertz CT molecular complexity index is 396. The van der Waals surface area contributed by atoms with Crippen molar-refractivity contribution in [3.8, 4) is 0 Å². The Morgan fingerprint density at radius 1 is 1.24 bits per heavy atom. The van der Waals surface area contributed by atoms with Crippen molar-refractivity contribution >= 4 is 11.4 Å². The predicted octanol–water partition coefficient (Wildman–Crippen LogP) is 2.23. The number of hydrogen-bond donors (Lipinski definition) is 2. The Kier molecular flexibility index (Phi) is 2.71. The fourth-order valence-electron chi connectivity index (χ4n) is 3.36. The molecule has 17 heavy (non-hydrogen) atoms. The molecule has 92 valence electrons. The van der Waals surface area contributed by atoms with Crippen molar-refractivity contribution in [1.82, 2.24) is 4.90 Å². The summed E-state index contributed by atoms with van der Waals surface area (Å²) in [6.07, 6.45) is 3.97. The smallest absolute Gasteiger partial charge is 0.0429 e. The Morgan fingerprint density at radius 3 is 2.94 bits per heavy atom. The first kappa shape index (κ1) is 10.9. The molecule has 1 aromatic carbocycles. The second-order valence-electron chi connectivity index (χ2n) is 5.42. The van der Waals surface area contributed by atoms with Crippen LogP contribution in [0.1, 0.15) is 24.8 Å². The highest BCUT2D eigenvalue weighted by molar-refractivity contribution is 5.57. The fourth-order valence-corrected chi connectivity index (χ4v) is 3.36. The monoisotopic (exact) mass is 231 g/mol. The first-order valence-electron chi connectivity index (χ1n) is 6.60. The minimum atomic E-state index is 0.610. The highest BCUT2D eigenvalue weighted by atomic mass is 15.2. The fraction of sp³-hybridized carbons (Fsp3) is 0.571. The van der Waals surface area contributed by atoms with Gasteiger partial charge in [0.05, 0.1) is 0 Å². The van der Waals surface area contributed by atoms with E-state index in [0.717, 1.165) is 11.7 Å². The molecule has 3 N–H and O–H groups in total. The zero-order valence-electron chi connectivity index (χ0n) is 10.4. The molecule has 0 aliphatic carbocycles. The van der Waals surface area contributed by atoms with Gasteiger partial charge in [0.25, 0.3) is 0 Å². The second-order valence-corrected chi connectivity index (χ2v) is 5.42. The summed E-state index contributed by atoms with van der Waals surface area (Å²) in [5.41, 5.74) is 9.16. The van der Waals surface area contributed by atoms with Crippen LogP contribution in [0.25, 0.3) is 0 Å². The highest BCUT2D eigenvalue weighted by Gasteiger charge is 2.36. The van der Waals surface area contributed by atoms with Crippen molar-refractivity contribution in [1.29, 1.82) is 0 Å². The van der Waals surface area contributed by atoms with Gasteiger partial charge in [0, 0.05) is 30.0 Å². The second kappa shape index (κ2) is 4.22. The molecule has 0 saturated carbocycles. The molecule has 2 fully saturated rings. The van der Waals surface area contributed by atoms with Crippen LogP contribution in [0, 0.1) is 6.92 Å². The van der Waals surface area contributed by atoms with Gasteiger partial charge in [-0.15, -0.1) is 0 Å². The third-order valence-corrected chi connectivity index (χ3v) is 4.06. The van der Waals surface area contributed by atoms with E-state index in [2.05, 4.69) is 23.2 Å². The average molecular weight is 231 g/mol. The quantitative estimate of drug-likeness (QED) is 0.767. The van der Waals surface area contributed by atoms with Crippen LogP contribution in [0.2, 0.25) is 0 Å². The molecule has 2 unspecified atom stereocenters. The lowest BCUT2D eigenvalue weighted by Gasteiger charge is -2.22. The molecule has 2 aliphatic heterocycles. The molecule has 1 aromatic rings. The number of anilines is 2. The van der Waals surface area contributed by atoms with Crippen LogP contribution in [0.5, 0.6) is 0 Å². The molecule has 3 rings (SSSR count). The zero-order valence-corrected chi connectivity index (χ0v) is 10.4. The van der Waals surface area contributed by atoms with Gasteiger partial charge in [0.15, 0.2) is 0 Å². The van der Waals surface area contributed by atoms with E-state index in [4.69, 9.17) is 5.73 Å². The Balaban J connectivity index is 1.74. The lowest BCUT2D eigenvalue weighted by molar-refractivity contribution is 0.318. The molecule has 3 heteroatoms. The molecule has 0 radical (unpaired) electrons. The van der Waals surface area contributed by atoms with Gasteiger partial charge < -0.3 is 11.1 Å². The number of aryl methyl sites for hydroxylation is 1. The number of benzene rings is 1. The van der Waals surface area contributed by atoms with Gasteiger partial charge in [0.2, 0.25) is 0 Å². The number of fused-ring (bicyclic) bond motifs is 1. The third-order valence-electron chi connectivity index (χ3n) is 4.06. The first-order valence-corrected chi connectivity index (χ1v) is 6.60. The number of nitrogen functional groups attached to an aromatic ring is 1. The SMILES string of the molecule is Cc1cc(N)cc(NC2CCN3CCCC23)c1. The van der Waals surface area contributed by atoms with E-state index in [0.29, 0.717) is 6.04 Å². The van der Waals surface area contributed by atoms with Gasteiger partial charge in [-0.3, -0.25) is 4.90 Å². The molecular formula is C14H21N3. The average Bonchev–Trinajstić information content (AvgIpc) is 2.81. The summed E-state index contributed by atoms with van der Waals surface area (Å²) < 4.78 is 0. The minimum Gasteiger partial charge on any atom is -0.399 e. The van der Waals surface area contributed by atoms with Crippen molar-refractivity contribution in [3.05, 3.63) is 23.8 Å². The Morgan fingerprint density at radius 2 is 2.12 bits per heavy atom. The van der Waals surface area contributed by atoms with Crippen molar-refractivity contribution in [3.63, 3.8) is 0 Å². The van der Waals surface area contributed by atoms with Gasteiger partial charge in [-0.25, -0.2) is 0 Å². The van der Waals surface area contributed by atoms with Crippen molar-refractivity contribution in [2.24, 2.45) is 0 Å².